The molecule has 0 aromatic carbocycles. The normalized spacial score (nSPS) is 7.00. The summed E-state index contributed by atoms with van der Waals surface area (Å²) in [6.07, 6.45) is 0. The molecule has 0 saturated heterocycles. The second kappa shape index (κ2) is 4.28. The van der Waals surface area contributed by atoms with Gasteiger partial charge in [-0.1, -0.05) is 7.43 Å². The Morgan fingerprint density at radius 3 is 1.40 bits per heavy atom. The maximum absolute atomic E-state index is 8.81. The predicted octanol–water partition coefficient (Wildman–Crippen LogP) is -1.25. The van der Waals surface area contributed by atoms with Crippen molar-refractivity contribution in [2.75, 3.05) is 0 Å². The molecule has 0 aromatic rings. The summed E-state index contributed by atoms with van der Waals surface area (Å²) < 4.78 is 23.2. The molecule has 0 radical (unpaired) electrons. The maximum atomic E-state index is 8.81. The summed E-state index contributed by atoms with van der Waals surface area (Å²) in [6.45, 7) is 0. The van der Waals surface area contributed by atoms with Crippen LogP contribution < -0.4 is 0 Å². The molecule has 0 spiro atoms. The van der Waals surface area contributed by atoms with E-state index in [9.17, 15) is 0 Å². The van der Waals surface area contributed by atoms with Crippen molar-refractivity contribution < 1.29 is 11.9 Å². The van der Waals surface area contributed by atoms with Gasteiger partial charge in [0.2, 0.25) is 0 Å². The SMILES string of the molecule is C.O=[AsH](O)O. The number of hydrogen-bond acceptors (Lipinski definition) is 1. The van der Waals surface area contributed by atoms with Gasteiger partial charge >= 0.3 is 27.2 Å². The molecular weight excluding hydrogens is 135 g/mol. The third kappa shape index (κ3) is 286. The Bertz CT molecular complexity index is 29.9. The van der Waals surface area contributed by atoms with Crippen LogP contribution in [-0.4, -0.2) is 23.5 Å². The van der Waals surface area contributed by atoms with Crippen LogP contribution in [0.5, 0.6) is 0 Å². The van der Waals surface area contributed by atoms with Crippen LogP contribution in [0, 0.1) is 0 Å². The summed E-state index contributed by atoms with van der Waals surface area (Å²) >= 11 is -3.58. The Kier molecular flexibility index (Phi) is 7.69. The van der Waals surface area contributed by atoms with Gasteiger partial charge in [-0.25, -0.2) is 0 Å². The Morgan fingerprint density at radius 1 is 1.40 bits per heavy atom. The number of rotatable bonds is 0. The minimum absolute atomic E-state index is 0. The first-order chi connectivity index (χ1) is 1.73. The fourth-order valence-electron chi connectivity index (χ4n) is 0. The third-order valence-corrected chi connectivity index (χ3v) is 0. The van der Waals surface area contributed by atoms with Crippen LogP contribution in [0.1, 0.15) is 7.43 Å². The van der Waals surface area contributed by atoms with Crippen molar-refractivity contribution in [3.05, 3.63) is 0 Å². The average molecular weight is 142 g/mol. The zero-order valence-corrected chi connectivity index (χ0v) is 3.90. The van der Waals surface area contributed by atoms with E-state index >= 15 is 0 Å². The van der Waals surface area contributed by atoms with Gasteiger partial charge in [-0.2, -0.15) is 0 Å². The van der Waals surface area contributed by atoms with Gasteiger partial charge in [0.15, 0.2) is 0 Å². The van der Waals surface area contributed by atoms with E-state index < -0.39 is 15.3 Å². The zero-order chi connectivity index (χ0) is 3.58. The standard InChI is InChI=1S/CH4.AsH3O3/c;2-1(3)4/h1H4;1H,(H2,2,3,4). The predicted molar refractivity (Wildman–Crippen MR) is 19.0 cm³/mol. The minimum atomic E-state index is -3.58. The van der Waals surface area contributed by atoms with Crippen LogP contribution in [0.3, 0.4) is 0 Å². The van der Waals surface area contributed by atoms with Crippen molar-refractivity contribution in [2.45, 2.75) is 7.43 Å². The molecule has 0 heterocycles. The summed E-state index contributed by atoms with van der Waals surface area (Å²) in [5.74, 6) is 0. The van der Waals surface area contributed by atoms with E-state index in [0.29, 0.717) is 0 Å². The summed E-state index contributed by atoms with van der Waals surface area (Å²) in [7, 11) is 0. The van der Waals surface area contributed by atoms with Crippen LogP contribution in [0.25, 0.3) is 0 Å². The van der Waals surface area contributed by atoms with Gasteiger partial charge in [0, 0.05) is 0 Å². The molecule has 0 unspecified atom stereocenters. The van der Waals surface area contributed by atoms with Crippen molar-refractivity contribution in [2.24, 2.45) is 0 Å². The van der Waals surface area contributed by atoms with E-state index in [2.05, 4.69) is 0 Å². The van der Waals surface area contributed by atoms with Crippen LogP contribution in [0.15, 0.2) is 0 Å². The molecule has 0 rings (SSSR count). The van der Waals surface area contributed by atoms with E-state index in [1.807, 2.05) is 0 Å². The molecule has 0 aliphatic rings. The molecule has 34 valence electrons. The molecule has 3 nitrogen and oxygen atoms in total. The van der Waals surface area contributed by atoms with E-state index in [1.165, 1.54) is 0 Å². The van der Waals surface area contributed by atoms with E-state index in [1.54, 1.807) is 0 Å². The first-order valence-corrected chi connectivity index (χ1v) is 3.38. The van der Waals surface area contributed by atoms with E-state index in [0.717, 1.165) is 0 Å². The summed E-state index contributed by atoms with van der Waals surface area (Å²) in [4.78, 5) is 0. The Labute approximate surface area is 35.4 Å². The van der Waals surface area contributed by atoms with Gasteiger partial charge in [0.05, 0.1) is 0 Å². The fraction of sp³-hybridized carbons (Fsp3) is 1.00. The molecule has 0 amide bonds. The van der Waals surface area contributed by atoms with Crippen molar-refractivity contribution in [1.82, 2.24) is 0 Å². The van der Waals surface area contributed by atoms with Crippen molar-refractivity contribution in [3.8, 4) is 0 Å². The molecule has 0 saturated carbocycles. The number of hydrogen-bond donors (Lipinski definition) is 2. The molecule has 0 fully saturated rings. The monoisotopic (exact) mass is 142 g/mol. The van der Waals surface area contributed by atoms with E-state index in [-0.39, 0.29) is 7.43 Å². The second-order valence-electron chi connectivity index (χ2n) is 0.283. The zero-order valence-electron chi connectivity index (χ0n) is 1.80. The molecule has 4 heteroatoms. The molecule has 5 heavy (non-hydrogen) atoms. The topological polar surface area (TPSA) is 57.5 Å². The molecule has 2 N–H and O–H groups in total. The van der Waals surface area contributed by atoms with Crippen LogP contribution in [-0.2, 0) is 3.74 Å². The van der Waals surface area contributed by atoms with Crippen molar-refractivity contribution in [1.29, 1.82) is 0 Å². The summed E-state index contributed by atoms with van der Waals surface area (Å²) in [6, 6.07) is 0. The van der Waals surface area contributed by atoms with E-state index in [4.69, 9.17) is 11.9 Å². The van der Waals surface area contributed by atoms with Crippen molar-refractivity contribution in [3.63, 3.8) is 0 Å². The van der Waals surface area contributed by atoms with Gasteiger partial charge in [-0.05, 0) is 0 Å². The molecule has 0 aliphatic heterocycles. The van der Waals surface area contributed by atoms with Crippen LogP contribution >= 0.6 is 0 Å². The van der Waals surface area contributed by atoms with Gasteiger partial charge in [0.25, 0.3) is 0 Å². The molecule has 0 aromatic heterocycles. The Hall–Kier alpha value is 0.278. The quantitative estimate of drug-likeness (QED) is 0.415. The Balaban J connectivity index is 0. The Morgan fingerprint density at radius 2 is 1.40 bits per heavy atom. The summed E-state index contributed by atoms with van der Waals surface area (Å²) in [5, 5.41) is 0. The van der Waals surface area contributed by atoms with Gasteiger partial charge in [-0.3, -0.25) is 0 Å². The average Bonchev–Trinajstić information content (AvgIpc) is 0.811. The van der Waals surface area contributed by atoms with Crippen molar-refractivity contribution >= 4 is 15.3 Å². The van der Waals surface area contributed by atoms with Gasteiger partial charge in [0.1, 0.15) is 0 Å². The summed E-state index contributed by atoms with van der Waals surface area (Å²) in [5.41, 5.74) is 0. The molecule has 0 aliphatic carbocycles. The first-order valence-electron chi connectivity index (χ1n) is 0.651. The van der Waals surface area contributed by atoms with Gasteiger partial charge < -0.3 is 0 Å². The van der Waals surface area contributed by atoms with Gasteiger partial charge in [-0.15, -0.1) is 0 Å². The second-order valence-corrected chi connectivity index (χ2v) is 1.47. The molecule has 0 bridgehead atoms. The van der Waals surface area contributed by atoms with Crippen LogP contribution in [0.2, 0.25) is 0 Å². The molecular formula is CH7AsO3. The van der Waals surface area contributed by atoms with Crippen LogP contribution in [0.4, 0.5) is 0 Å². The fourth-order valence-corrected chi connectivity index (χ4v) is 0. The third-order valence-electron chi connectivity index (χ3n) is 0. The first kappa shape index (κ1) is 8.99. The molecule has 0 atom stereocenters.